The highest BCUT2D eigenvalue weighted by Crippen LogP contribution is 2.31. The second-order valence-electron chi connectivity index (χ2n) is 5.87. The van der Waals surface area contributed by atoms with Gasteiger partial charge in [0.15, 0.2) is 0 Å². The molecule has 6 nitrogen and oxygen atoms in total. The Morgan fingerprint density at radius 3 is 2.65 bits per heavy atom. The zero-order valence-electron chi connectivity index (χ0n) is 13.0. The van der Waals surface area contributed by atoms with Gasteiger partial charge in [-0.05, 0) is 38.0 Å². The molecule has 120 valence electrons. The van der Waals surface area contributed by atoms with Crippen molar-refractivity contribution in [1.29, 1.82) is 0 Å². The van der Waals surface area contributed by atoms with Gasteiger partial charge in [-0.3, -0.25) is 9.48 Å². The molecule has 23 heavy (non-hydrogen) atoms. The van der Waals surface area contributed by atoms with Gasteiger partial charge in [-0.2, -0.15) is 5.10 Å². The van der Waals surface area contributed by atoms with Crippen molar-refractivity contribution in [2.75, 3.05) is 5.32 Å². The number of anilines is 1. The summed E-state index contributed by atoms with van der Waals surface area (Å²) in [5, 5.41) is 16.2. The molecule has 0 unspecified atom stereocenters. The molecule has 3 rings (SSSR count). The Morgan fingerprint density at radius 2 is 1.96 bits per heavy atom. The van der Waals surface area contributed by atoms with Gasteiger partial charge in [0.25, 0.3) is 5.91 Å². The average molecular weight is 313 g/mol. The molecule has 1 heterocycles. The number of carboxylic acid groups (broad SMARTS) is 1. The number of aromatic carboxylic acids is 1. The van der Waals surface area contributed by atoms with Gasteiger partial charge < -0.3 is 10.4 Å². The maximum absolute atomic E-state index is 12.3. The number of nitrogens with zero attached hydrogens (tertiary/aromatic N) is 2. The maximum atomic E-state index is 12.3. The third-order valence-corrected chi connectivity index (χ3v) is 4.34. The highest BCUT2D eigenvalue weighted by Gasteiger charge is 2.21. The minimum Gasteiger partial charge on any atom is -0.478 e. The van der Waals surface area contributed by atoms with Crippen LogP contribution in [-0.4, -0.2) is 26.8 Å². The van der Waals surface area contributed by atoms with E-state index in [1.807, 2.05) is 11.6 Å². The fourth-order valence-corrected chi connectivity index (χ4v) is 3.05. The summed E-state index contributed by atoms with van der Waals surface area (Å²) in [4.78, 5) is 23.3. The lowest BCUT2D eigenvalue weighted by molar-refractivity contribution is 0.0697. The molecule has 1 aromatic heterocycles. The van der Waals surface area contributed by atoms with Crippen LogP contribution in [0.5, 0.6) is 0 Å². The molecule has 1 aliphatic rings. The summed E-state index contributed by atoms with van der Waals surface area (Å²) in [6, 6.07) is 6.40. The fraction of sp³-hybridized carbons (Fsp3) is 0.353. The molecule has 0 spiro atoms. The zero-order valence-corrected chi connectivity index (χ0v) is 13.0. The van der Waals surface area contributed by atoms with Crippen LogP contribution >= 0.6 is 0 Å². The molecule has 1 aromatic carbocycles. The number of carboxylic acids is 1. The van der Waals surface area contributed by atoms with E-state index >= 15 is 0 Å². The van der Waals surface area contributed by atoms with E-state index in [2.05, 4.69) is 10.4 Å². The van der Waals surface area contributed by atoms with Gasteiger partial charge >= 0.3 is 5.97 Å². The molecule has 0 saturated heterocycles. The first-order chi connectivity index (χ1) is 11.1. The van der Waals surface area contributed by atoms with Crippen LogP contribution in [0.2, 0.25) is 0 Å². The molecule has 2 aromatic rings. The predicted molar refractivity (Wildman–Crippen MR) is 85.8 cm³/mol. The van der Waals surface area contributed by atoms with Gasteiger partial charge in [-0.25, -0.2) is 4.79 Å². The Morgan fingerprint density at radius 1 is 1.26 bits per heavy atom. The van der Waals surface area contributed by atoms with Crippen molar-refractivity contribution in [2.24, 2.45) is 0 Å². The number of nitrogens with one attached hydrogen (secondary N) is 1. The molecular formula is C17H19N3O3. The summed E-state index contributed by atoms with van der Waals surface area (Å²) in [7, 11) is 0. The molecule has 0 aliphatic heterocycles. The van der Waals surface area contributed by atoms with Crippen LogP contribution in [0.4, 0.5) is 5.69 Å². The Hall–Kier alpha value is -2.63. The van der Waals surface area contributed by atoms with Crippen LogP contribution in [0, 0.1) is 6.92 Å². The quantitative estimate of drug-likeness (QED) is 0.907. The van der Waals surface area contributed by atoms with E-state index in [-0.39, 0.29) is 11.5 Å². The number of amides is 1. The lowest BCUT2D eigenvalue weighted by Gasteiger charge is -2.12. The molecule has 0 radical (unpaired) electrons. The lowest BCUT2D eigenvalue weighted by atomic mass is 10.1. The van der Waals surface area contributed by atoms with E-state index in [0.29, 0.717) is 17.3 Å². The second-order valence-corrected chi connectivity index (χ2v) is 5.87. The standard InChI is InChI=1S/C17H19N3O3/c1-11-15(10-18-20(11)14-7-2-3-8-14)19-16(21)12-5-4-6-13(9-12)17(22)23/h4-6,9-10,14H,2-3,7-8H2,1H3,(H,19,21)(H,22,23). The third kappa shape index (κ3) is 3.11. The van der Waals surface area contributed by atoms with Gasteiger partial charge in [-0.1, -0.05) is 18.9 Å². The third-order valence-electron chi connectivity index (χ3n) is 4.34. The first-order valence-electron chi connectivity index (χ1n) is 7.75. The summed E-state index contributed by atoms with van der Waals surface area (Å²) < 4.78 is 1.98. The molecule has 6 heteroatoms. The van der Waals surface area contributed by atoms with Crippen LogP contribution < -0.4 is 5.32 Å². The maximum Gasteiger partial charge on any atom is 0.335 e. The van der Waals surface area contributed by atoms with E-state index in [1.165, 1.54) is 25.0 Å². The van der Waals surface area contributed by atoms with Crippen molar-refractivity contribution >= 4 is 17.6 Å². The van der Waals surface area contributed by atoms with Crippen molar-refractivity contribution in [3.63, 3.8) is 0 Å². The molecule has 1 aliphatic carbocycles. The van der Waals surface area contributed by atoms with Crippen molar-refractivity contribution in [1.82, 2.24) is 9.78 Å². The fourth-order valence-electron chi connectivity index (χ4n) is 3.05. The second kappa shape index (κ2) is 6.24. The highest BCUT2D eigenvalue weighted by molar-refractivity contribution is 6.05. The molecule has 0 atom stereocenters. The summed E-state index contributed by atoms with van der Waals surface area (Å²) in [5.41, 5.74) is 2.01. The number of rotatable bonds is 4. The van der Waals surface area contributed by atoms with E-state index in [4.69, 9.17) is 5.11 Å². The largest absolute Gasteiger partial charge is 0.478 e. The Labute approximate surface area is 134 Å². The Kier molecular flexibility index (Phi) is 4.14. The zero-order chi connectivity index (χ0) is 16.4. The number of carbonyl (C=O) groups excluding carboxylic acids is 1. The van der Waals surface area contributed by atoms with Gasteiger partial charge in [0.2, 0.25) is 0 Å². The van der Waals surface area contributed by atoms with E-state index in [9.17, 15) is 9.59 Å². The highest BCUT2D eigenvalue weighted by atomic mass is 16.4. The molecule has 1 saturated carbocycles. The number of benzene rings is 1. The van der Waals surface area contributed by atoms with Gasteiger partial charge in [0.1, 0.15) is 0 Å². The molecular weight excluding hydrogens is 294 g/mol. The van der Waals surface area contributed by atoms with Gasteiger partial charge in [0, 0.05) is 5.56 Å². The van der Waals surface area contributed by atoms with E-state index in [1.54, 1.807) is 18.3 Å². The summed E-state index contributed by atoms with van der Waals surface area (Å²) in [5.74, 6) is -1.38. The van der Waals surface area contributed by atoms with Gasteiger partial charge in [0.05, 0.1) is 29.2 Å². The number of carbonyl (C=O) groups is 2. The predicted octanol–water partition coefficient (Wildman–Crippen LogP) is 3.26. The molecule has 0 bridgehead atoms. The van der Waals surface area contributed by atoms with Crippen molar-refractivity contribution in [2.45, 2.75) is 38.6 Å². The van der Waals surface area contributed by atoms with Crippen LogP contribution in [0.1, 0.15) is 58.1 Å². The summed E-state index contributed by atoms with van der Waals surface area (Å²) in [6.45, 7) is 1.94. The first kappa shape index (κ1) is 15.3. The molecule has 1 fully saturated rings. The van der Waals surface area contributed by atoms with Crippen LogP contribution in [0.3, 0.4) is 0 Å². The minimum atomic E-state index is -1.05. The first-order valence-corrected chi connectivity index (χ1v) is 7.75. The van der Waals surface area contributed by atoms with Crippen molar-refractivity contribution < 1.29 is 14.7 Å². The van der Waals surface area contributed by atoms with E-state index < -0.39 is 5.97 Å². The minimum absolute atomic E-state index is 0.0935. The molecule has 2 N–H and O–H groups in total. The van der Waals surface area contributed by atoms with Crippen molar-refractivity contribution in [3.8, 4) is 0 Å². The Bertz CT molecular complexity index is 745. The summed E-state index contributed by atoms with van der Waals surface area (Å²) in [6.07, 6.45) is 6.33. The smallest absolute Gasteiger partial charge is 0.335 e. The Balaban J connectivity index is 1.78. The SMILES string of the molecule is Cc1c(NC(=O)c2cccc(C(=O)O)c2)cnn1C1CCCC1. The number of hydrogen-bond acceptors (Lipinski definition) is 3. The van der Waals surface area contributed by atoms with E-state index in [0.717, 1.165) is 18.5 Å². The van der Waals surface area contributed by atoms with Crippen LogP contribution in [0.15, 0.2) is 30.5 Å². The average Bonchev–Trinajstić information content (AvgIpc) is 3.18. The number of aromatic nitrogens is 2. The summed E-state index contributed by atoms with van der Waals surface area (Å²) >= 11 is 0. The van der Waals surface area contributed by atoms with Gasteiger partial charge in [-0.15, -0.1) is 0 Å². The topological polar surface area (TPSA) is 84.2 Å². The number of hydrogen-bond donors (Lipinski definition) is 2. The lowest BCUT2D eigenvalue weighted by Crippen LogP contribution is -2.14. The monoisotopic (exact) mass is 313 g/mol. The molecule has 1 amide bonds. The normalized spacial score (nSPS) is 14.8. The van der Waals surface area contributed by atoms with Crippen LogP contribution in [0.25, 0.3) is 0 Å². The van der Waals surface area contributed by atoms with Crippen LogP contribution in [-0.2, 0) is 0 Å². The van der Waals surface area contributed by atoms with Crippen molar-refractivity contribution in [3.05, 3.63) is 47.3 Å².